The average Bonchev–Trinajstić information content (AvgIpc) is 2.13. The second-order valence-electron chi connectivity index (χ2n) is 3.82. The molecule has 0 radical (unpaired) electrons. The molecule has 0 aliphatic carbocycles. The largest absolute Gasteiger partial charge is 0.376 e. The summed E-state index contributed by atoms with van der Waals surface area (Å²) in [5.74, 6) is 0. The first-order valence-electron chi connectivity index (χ1n) is 5.14. The second kappa shape index (κ2) is 4.91. The van der Waals surface area contributed by atoms with Crippen LogP contribution in [0.4, 0.5) is 4.39 Å². The normalized spacial score (nSPS) is 33.2. The van der Waals surface area contributed by atoms with Gasteiger partial charge in [-0.15, -0.1) is 0 Å². The number of rotatable bonds is 3. The predicted octanol–water partition coefficient (Wildman–Crippen LogP) is 1.84. The molecule has 1 rings (SSSR count). The van der Waals surface area contributed by atoms with E-state index < -0.39 is 6.17 Å². The summed E-state index contributed by atoms with van der Waals surface area (Å²) < 4.78 is 18.6. The van der Waals surface area contributed by atoms with Gasteiger partial charge in [-0.2, -0.15) is 0 Å². The van der Waals surface area contributed by atoms with Crippen LogP contribution in [0, 0.1) is 0 Å². The molecule has 0 saturated carbocycles. The number of morpholine rings is 1. The summed E-state index contributed by atoms with van der Waals surface area (Å²) in [5, 5.41) is 0. The monoisotopic (exact) mass is 189 g/mol. The quantitative estimate of drug-likeness (QED) is 0.671. The van der Waals surface area contributed by atoms with E-state index in [0.717, 1.165) is 13.2 Å². The van der Waals surface area contributed by atoms with Gasteiger partial charge in [0.1, 0.15) is 6.17 Å². The van der Waals surface area contributed by atoms with Crippen molar-refractivity contribution in [3.05, 3.63) is 0 Å². The van der Waals surface area contributed by atoms with E-state index in [1.54, 1.807) is 0 Å². The molecule has 0 spiro atoms. The van der Waals surface area contributed by atoms with Crippen molar-refractivity contribution in [2.75, 3.05) is 19.7 Å². The molecular formula is C10H20FNO. The first kappa shape index (κ1) is 10.9. The molecule has 13 heavy (non-hydrogen) atoms. The zero-order valence-electron chi connectivity index (χ0n) is 8.79. The highest BCUT2D eigenvalue weighted by molar-refractivity contribution is 4.79. The zero-order valence-corrected chi connectivity index (χ0v) is 8.79. The highest BCUT2D eigenvalue weighted by Crippen LogP contribution is 2.14. The Balaban J connectivity index is 2.39. The minimum atomic E-state index is -0.687. The maximum absolute atomic E-state index is 13.1. The smallest absolute Gasteiger partial charge is 0.112 e. The van der Waals surface area contributed by atoms with Crippen molar-refractivity contribution in [3.63, 3.8) is 0 Å². The Labute approximate surface area is 80.1 Å². The molecule has 2 nitrogen and oxygen atoms in total. The summed E-state index contributed by atoms with van der Waals surface area (Å²) in [4.78, 5) is 2.18. The van der Waals surface area contributed by atoms with E-state index in [9.17, 15) is 4.39 Å². The topological polar surface area (TPSA) is 12.5 Å². The van der Waals surface area contributed by atoms with E-state index in [-0.39, 0.29) is 6.10 Å². The summed E-state index contributed by atoms with van der Waals surface area (Å²) in [6.45, 7) is 8.21. The Morgan fingerprint density at radius 1 is 1.54 bits per heavy atom. The third-order valence-corrected chi connectivity index (χ3v) is 2.89. The third kappa shape index (κ3) is 2.92. The molecule has 1 heterocycles. The molecule has 1 aliphatic heterocycles. The van der Waals surface area contributed by atoms with Crippen molar-refractivity contribution >= 4 is 0 Å². The van der Waals surface area contributed by atoms with E-state index in [4.69, 9.17) is 4.74 Å². The van der Waals surface area contributed by atoms with Gasteiger partial charge in [0.2, 0.25) is 0 Å². The van der Waals surface area contributed by atoms with Gasteiger partial charge in [0.05, 0.1) is 12.7 Å². The van der Waals surface area contributed by atoms with E-state index in [1.165, 1.54) is 0 Å². The Hall–Kier alpha value is -0.150. The predicted molar refractivity (Wildman–Crippen MR) is 51.6 cm³/mol. The maximum Gasteiger partial charge on any atom is 0.112 e. The Bertz CT molecular complexity index is 154. The van der Waals surface area contributed by atoms with Crippen LogP contribution in [0.25, 0.3) is 0 Å². The van der Waals surface area contributed by atoms with Crippen molar-refractivity contribution in [1.29, 1.82) is 0 Å². The van der Waals surface area contributed by atoms with E-state index in [2.05, 4.69) is 18.7 Å². The molecule has 1 saturated heterocycles. The van der Waals surface area contributed by atoms with Crippen molar-refractivity contribution < 1.29 is 9.13 Å². The van der Waals surface area contributed by atoms with Crippen LogP contribution in [-0.4, -0.2) is 42.9 Å². The Morgan fingerprint density at radius 3 is 2.85 bits per heavy atom. The minimum absolute atomic E-state index is 0.234. The first-order chi connectivity index (χ1) is 6.15. The summed E-state index contributed by atoms with van der Waals surface area (Å²) in [6.07, 6.45) is 0.156. The van der Waals surface area contributed by atoms with E-state index in [1.807, 2.05) is 6.92 Å². The van der Waals surface area contributed by atoms with Crippen LogP contribution < -0.4 is 0 Å². The molecule has 0 aromatic rings. The molecule has 0 aromatic heterocycles. The molecule has 3 unspecified atom stereocenters. The molecule has 1 fully saturated rings. The number of ether oxygens (including phenoxy) is 1. The number of nitrogens with zero attached hydrogens (tertiary/aromatic N) is 1. The molecule has 0 aromatic carbocycles. The van der Waals surface area contributed by atoms with Crippen LogP contribution in [0.1, 0.15) is 27.2 Å². The standard InChI is InChI=1S/C10H20FNO/c1-4-10(11)7-12-5-6-13-9(3)8(12)2/h8-10H,4-7H2,1-3H3. The van der Waals surface area contributed by atoms with Crippen LogP contribution in [-0.2, 0) is 4.74 Å². The van der Waals surface area contributed by atoms with Gasteiger partial charge in [-0.3, -0.25) is 4.90 Å². The maximum atomic E-state index is 13.1. The van der Waals surface area contributed by atoms with Crippen molar-refractivity contribution in [2.45, 2.75) is 45.5 Å². The zero-order chi connectivity index (χ0) is 9.84. The molecule has 0 bridgehead atoms. The Morgan fingerprint density at radius 2 is 2.23 bits per heavy atom. The SMILES string of the molecule is CCC(F)CN1CCOC(C)C1C. The molecule has 78 valence electrons. The van der Waals surface area contributed by atoms with Gasteiger partial charge >= 0.3 is 0 Å². The molecule has 0 amide bonds. The summed E-state index contributed by atoms with van der Waals surface area (Å²) in [7, 11) is 0. The van der Waals surface area contributed by atoms with Crippen LogP contribution in [0.3, 0.4) is 0 Å². The van der Waals surface area contributed by atoms with Gasteiger partial charge in [-0.05, 0) is 20.3 Å². The lowest BCUT2D eigenvalue weighted by Gasteiger charge is -2.38. The summed E-state index contributed by atoms with van der Waals surface area (Å²) in [5.41, 5.74) is 0. The summed E-state index contributed by atoms with van der Waals surface area (Å²) in [6, 6.07) is 0.346. The van der Waals surface area contributed by atoms with Gasteiger partial charge < -0.3 is 4.74 Å². The molecule has 0 N–H and O–H groups in total. The van der Waals surface area contributed by atoms with Crippen LogP contribution >= 0.6 is 0 Å². The Kier molecular flexibility index (Phi) is 4.13. The van der Waals surface area contributed by atoms with E-state index >= 15 is 0 Å². The van der Waals surface area contributed by atoms with Gasteiger partial charge in [-0.25, -0.2) is 4.39 Å². The lowest BCUT2D eigenvalue weighted by molar-refractivity contribution is -0.0615. The average molecular weight is 189 g/mol. The van der Waals surface area contributed by atoms with Crippen molar-refractivity contribution in [3.8, 4) is 0 Å². The first-order valence-corrected chi connectivity index (χ1v) is 5.14. The molecule has 3 heteroatoms. The number of alkyl halides is 1. The second-order valence-corrected chi connectivity index (χ2v) is 3.82. The van der Waals surface area contributed by atoms with Crippen LogP contribution in [0.15, 0.2) is 0 Å². The van der Waals surface area contributed by atoms with Gasteiger partial charge in [0.25, 0.3) is 0 Å². The van der Waals surface area contributed by atoms with Crippen molar-refractivity contribution in [1.82, 2.24) is 4.90 Å². The number of halogens is 1. The molecule has 3 atom stereocenters. The third-order valence-electron chi connectivity index (χ3n) is 2.89. The molecular weight excluding hydrogens is 169 g/mol. The van der Waals surface area contributed by atoms with Gasteiger partial charge in [0, 0.05) is 19.1 Å². The van der Waals surface area contributed by atoms with Crippen LogP contribution in [0.2, 0.25) is 0 Å². The van der Waals surface area contributed by atoms with Crippen LogP contribution in [0.5, 0.6) is 0 Å². The number of hydrogen-bond acceptors (Lipinski definition) is 2. The summed E-state index contributed by atoms with van der Waals surface area (Å²) >= 11 is 0. The fraction of sp³-hybridized carbons (Fsp3) is 1.00. The fourth-order valence-corrected chi connectivity index (χ4v) is 1.64. The van der Waals surface area contributed by atoms with E-state index in [0.29, 0.717) is 19.0 Å². The van der Waals surface area contributed by atoms with Crippen molar-refractivity contribution in [2.24, 2.45) is 0 Å². The highest BCUT2D eigenvalue weighted by atomic mass is 19.1. The minimum Gasteiger partial charge on any atom is -0.376 e. The lowest BCUT2D eigenvalue weighted by atomic mass is 10.1. The van der Waals surface area contributed by atoms with Gasteiger partial charge in [-0.1, -0.05) is 6.92 Å². The fourth-order valence-electron chi connectivity index (χ4n) is 1.64. The highest BCUT2D eigenvalue weighted by Gasteiger charge is 2.26. The number of hydrogen-bond donors (Lipinski definition) is 0. The lowest BCUT2D eigenvalue weighted by Crippen LogP contribution is -2.50. The van der Waals surface area contributed by atoms with Gasteiger partial charge in [0.15, 0.2) is 0 Å². The molecule has 1 aliphatic rings.